The third kappa shape index (κ3) is 2.05. The predicted octanol–water partition coefficient (Wildman–Crippen LogP) is 3.72. The van der Waals surface area contributed by atoms with Crippen LogP contribution in [0.3, 0.4) is 0 Å². The quantitative estimate of drug-likeness (QED) is 0.686. The maximum absolute atomic E-state index is 13.0. The van der Waals surface area contributed by atoms with Crippen molar-refractivity contribution in [3.8, 4) is 17.5 Å². The van der Waals surface area contributed by atoms with E-state index in [1.165, 1.54) is 18.2 Å². The van der Waals surface area contributed by atoms with Crippen molar-refractivity contribution in [2.24, 2.45) is 7.05 Å². The second-order valence-corrected chi connectivity index (χ2v) is 4.51. The average molecular weight is 291 g/mol. The topological polar surface area (TPSA) is 54.8 Å². The molecule has 2 heterocycles. The van der Waals surface area contributed by atoms with Gasteiger partial charge in [0.2, 0.25) is 0 Å². The van der Waals surface area contributed by atoms with Crippen molar-refractivity contribution in [1.82, 2.24) is 9.72 Å². The largest absolute Gasteiger partial charge is 0.417 e. The van der Waals surface area contributed by atoms with Crippen molar-refractivity contribution in [2.45, 2.75) is 6.18 Å². The van der Waals surface area contributed by atoms with Crippen molar-refractivity contribution < 1.29 is 17.7 Å². The van der Waals surface area contributed by atoms with Crippen LogP contribution in [0.1, 0.15) is 11.3 Å². The van der Waals surface area contributed by atoms with Crippen LogP contribution >= 0.6 is 0 Å². The number of nitriles is 1. The molecule has 0 aliphatic heterocycles. The molecule has 0 saturated carbocycles. The zero-order valence-corrected chi connectivity index (χ0v) is 10.8. The third-order valence-corrected chi connectivity index (χ3v) is 3.27. The van der Waals surface area contributed by atoms with Gasteiger partial charge in [-0.1, -0.05) is 11.2 Å². The first-order chi connectivity index (χ1) is 9.91. The number of aromatic nitrogens is 2. The molecule has 0 saturated heterocycles. The molecule has 0 spiro atoms. The van der Waals surface area contributed by atoms with Gasteiger partial charge in [-0.3, -0.25) is 0 Å². The number of aryl methyl sites for hydroxylation is 1. The Kier molecular flexibility index (Phi) is 2.76. The number of alkyl halides is 3. The maximum atomic E-state index is 13.0. The highest BCUT2D eigenvalue weighted by molar-refractivity contribution is 5.89. The number of nitrogens with zero attached hydrogens (tertiary/aromatic N) is 3. The molecule has 0 bridgehead atoms. The Morgan fingerprint density at radius 1 is 1.29 bits per heavy atom. The van der Waals surface area contributed by atoms with Crippen molar-refractivity contribution in [3.05, 3.63) is 41.6 Å². The first kappa shape index (κ1) is 13.2. The summed E-state index contributed by atoms with van der Waals surface area (Å²) in [6.07, 6.45) is -4.43. The summed E-state index contributed by atoms with van der Waals surface area (Å²) in [5, 5.41) is 12.3. The second kappa shape index (κ2) is 4.38. The summed E-state index contributed by atoms with van der Waals surface area (Å²) in [5.74, 6) is 0.248. The van der Waals surface area contributed by atoms with E-state index in [2.05, 4.69) is 5.16 Å². The Hall–Kier alpha value is -2.75. The smallest absolute Gasteiger partial charge is 0.353 e. The summed E-state index contributed by atoms with van der Waals surface area (Å²) in [6, 6.07) is 8.58. The lowest BCUT2D eigenvalue weighted by Crippen LogP contribution is -2.05. The van der Waals surface area contributed by atoms with Gasteiger partial charge in [0, 0.05) is 24.0 Å². The van der Waals surface area contributed by atoms with Crippen LogP contribution in [-0.2, 0) is 13.2 Å². The zero-order chi connectivity index (χ0) is 15.2. The van der Waals surface area contributed by atoms with Crippen molar-refractivity contribution in [1.29, 1.82) is 5.26 Å². The molecule has 0 atom stereocenters. The lowest BCUT2D eigenvalue weighted by atomic mass is 10.1. The van der Waals surface area contributed by atoms with Gasteiger partial charge in [-0.05, 0) is 18.2 Å². The maximum Gasteiger partial charge on any atom is 0.417 e. The minimum Gasteiger partial charge on any atom is -0.353 e. The summed E-state index contributed by atoms with van der Waals surface area (Å²) >= 11 is 0. The van der Waals surface area contributed by atoms with E-state index in [-0.39, 0.29) is 16.8 Å². The van der Waals surface area contributed by atoms with Crippen LogP contribution in [0, 0.1) is 11.3 Å². The lowest BCUT2D eigenvalue weighted by molar-refractivity contribution is -0.136. The first-order valence-corrected chi connectivity index (χ1v) is 5.94. The van der Waals surface area contributed by atoms with Crippen LogP contribution in [0.15, 0.2) is 34.9 Å². The molecule has 0 radical (unpaired) electrons. The highest BCUT2D eigenvalue weighted by Crippen LogP contribution is 2.37. The average Bonchev–Trinajstić information content (AvgIpc) is 3.02. The molecule has 21 heavy (non-hydrogen) atoms. The minimum absolute atomic E-state index is 0.0753. The molecule has 0 aliphatic rings. The Bertz CT molecular complexity index is 868. The Labute approximate surface area is 117 Å². The third-order valence-electron chi connectivity index (χ3n) is 3.27. The zero-order valence-electron chi connectivity index (χ0n) is 10.8. The van der Waals surface area contributed by atoms with E-state index in [9.17, 15) is 13.2 Å². The van der Waals surface area contributed by atoms with Crippen LogP contribution in [0.25, 0.3) is 22.4 Å². The van der Waals surface area contributed by atoms with Gasteiger partial charge in [0.05, 0.1) is 11.3 Å². The van der Waals surface area contributed by atoms with Gasteiger partial charge in [0.25, 0.3) is 0 Å². The van der Waals surface area contributed by atoms with Crippen LogP contribution in [0.5, 0.6) is 0 Å². The van der Waals surface area contributed by atoms with E-state index in [1.807, 2.05) is 6.07 Å². The fraction of sp³-hybridized carbons (Fsp3) is 0.143. The van der Waals surface area contributed by atoms with Gasteiger partial charge in [0.1, 0.15) is 6.07 Å². The van der Waals surface area contributed by atoms with E-state index in [0.29, 0.717) is 11.2 Å². The fourth-order valence-electron chi connectivity index (χ4n) is 2.29. The van der Waals surface area contributed by atoms with Crippen LogP contribution in [-0.4, -0.2) is 9.72 Å². The molecular weight excluding hydrogens is 283 g/mol. The normalized spacial score (nSPS) is 11.8. The molecule has 7 heteroatoms. The van der Waals surface area contributed by atoms with Gasteiger partial charge in [-0.15, -0.1) is 0 Å². The lowest BCUT2D eigenvalue weighted by Gasteiger charge is -2.07. The molecule has 0 aliphatic carbocycles. The molecule has 0 fully saturated rings. The second-order valence-electron chi connectivity index (χ2n) is 4.51. The molecule has 2 aromatic heterocycles. The van der Waals surface area contributed by atoms with E-state index in [1.54, 1.807) is 17.7 Å². The summed E-state index contributed by atoms with van der Waals surface area (Å²) in [6.45, 7) is 0. The van der Waals surface area contributed by atoms with Crippen LogP contribution < -0.4 is 0 Å². The van der Waals surface area contributed by atoms with Crippen molar-refractivity contribution >= 4 is 10.9 Å². The molecule has 3 aromatic rings. The summed E-state index contributed by atoms with van der Waals surface area (Å²) < 4.78 is 45.7. The summed E-state index contributed by atoms with van der Waals surface area (Å²) in [4.78, 5) is 0. The van der Waals surface area contributed by atoms with Gasteiger partial charge in [-0.25, -0.2) is 0 Å². The van der Waals surface area contributed by atoms with Crippen LogP contribution in [0.2, 0.25) is 0 Å². The number of rotatable bonds is 1. The van der Waals surface area contributed by atoms with E-state index >= 15 is 0 Å². The van der Waals surface area contributed by atoms with E-state index in [4.69, 9.17) is 9.78 Å². The Balaban J connectivity index is 2.27. The number of hydrogen-bond donors (Lipinski definition) is 0. The van der Waals surface area contributed by atoms with Gasteiger partial charge in [-0.2, -0.15) is 18.4 Å². The molecular formula is C14H8F3N3O. The Morgan fingerprint density at radius 3 is 2.67 bits per heavy atom. The van der Waals surface area contributed by atoms with Crippen molar-refractivity contribution in [2.75, 3.05) is 0 Å². The van der Waals surface area contributed by atoms with Crippen molar-refractivity contribution in [3.63, 3.8) is 0 Å². The standard InChI is InChI=1S/C14H8F3N3O/c1-20-11-4-2-3-10(14(15,16)17)9(11)6-12(20)13-5-8(7-18)19-21-13/h2-6H,1H3. The molecule has 3 rings (SSSR count). The molecule has 0 unspecified atom stereocenters. The molecule has 1 aromatic carbocycles. The highest BCUT2D eigenvalue weighted by atomic mass is 19.4. The van der Waals surface area contributed by atoms with Gasteiger partial charge >= 0.3 is 6.18 Å². The first-order valence-electron chi connectivity index (χ1n) is 5.94. The van der Waals surface area contributed by atoms with Gasteiger partial charge < -0.3 is 9.09 Å². The fourth-order valence-corrected chi connectivity index (χ4v) is 2.29. The summed E-state index contributed by atoms with van der Waals surface area (Å²) in [5.41, 5.74) is 0.221. The SMILES string of the molecule is Cn1c(-c2cc(C#N)no2)cc2c(C(F)(F)F)cccc21. The minimum atomic E-state index is -4.43. The summed E-state index contributed by atoms with van der Waals surface area (Å²) in [7, 11) is 1.63. The molecule has 106 valence electrons. The monoisotopic (exact) mass is 291 g/mol. The van der Waals surface area contributed by atoms with E-state index in [0.717, 1.165) is 6.07 Å². The van der Waals surface area contributed by atoms with Crippen LogP contribution in [0.4, 0.5) is 13.2 Å². The Morgan fingerprint density at radius 2 is 2.05 bits per heavy atom. The number of hydrogen-bond acceptors (Lipinski definition) is 3. The molecule has 0 N–H and O–H groups in total. The van der Waals surface area contributed by atoms with Gasteiger partial charge in [0.15, 0.2) is 11.5 Å². The predicted molar refractivity (Wildman–Crippen MR) is 68.1 cm³/mol. The van der Waals surface area contributed by atoms with E-state index < -0.39 is 11.7 Å². The number of fused-ring (bicyclic) bond motifs is 1. The molecule has 0 amide bonds. The molecule has 4 nitrogen and oxygen atoms in total. The highest BCUT2D eigenvalue weighted by Gasteiger charge is 2.33. The number of halogens is 3. The number of benzene rings is 1.